The lowest BCUT2D eigenvalue weighted by molar-refractivity contribution is -0.127. The molecule has 3 rings (SSSR count). The summed E-state index contributed by atoms with van der Waals surface area (Å²) < 4.78 is 38.2. The molecule has 0 amide bonds. The van der Waals surface area contributed by atoms with Crippen LogP contribution in [0, 0.1) is 0 Å². The Morgan fingerprint density at radius 2 is 1.71 bits per heavy atom. The number of cyclic esters (lactones) is 1. The van der Waals surface area contributed by atoms with Crippen molar-refractivity contribution in [1.82, 2.24) is 0 Å². The van der Waals surface area contributed by atoms with E-state index in [-0.39, 0.29) is 16.1 Å². The maximum Gasteiger partial charge on any atom is 0.345 e. The van der Waals surface area contributed by atoms with Crippen molar-refractivity contribution >= 4 is 21.7 Å². The molecule has 2 aromatic carbocycles. The Balaban J connectivity index is 1.90. The van der Waals surface area contributed by atoms with Crippen LogP contribution in [0.15, 0.2) is 63.1 Å². The van der Waals surface area contributed by atoms with Crippen LogP contribution in [0.25, 0.3) is 0 Å². The van der Waals surface area contributed by atoms with Gasteiger partial charge in [0.05, 0.1) is 10.6 Å². The topological polar surface area (TPSA) is 94.4 Å². The van der Waals surface area contributed by atoms with Gasteiger partial charge < -0.3 is 9.47 Å². The largest absolute Gasteiger partial charge is 0.452 e. The van der Waals surface area contributed by atoms with Crippen molar-refractivity contribution in [2.75, 3.05) is 0 Å². The Bertz CT molecular complexity index is 921. The first-order valence-corrected chi connectivity index (χ1v) is 8.50. The standard InChI is InChI=1S/C16H14N2O5S/c1-16(2)22-14-9-8-11(10-13(14)15(19)23-16)17-18-24(20,21)12-6-4-3-5-7-12/h3-10H,1-2H3. The molecule has 8 heteroatoms. The van der Waals surface area contributed by atoms with Gasteiger partial charge in [0.2, 0.25) is 5.79 Å². The van der Waals surface area contributed by atoms with Gasteiger partial charge in [0.25, 0.3) is 10.0 Å². The number of rotatable bonds is 3. The first kappa shape index (κ1) is 16.1. The van der Waals surface area contributed by atoms with Crippen LogP contribution in [0.1, 0.15) is 24.2 Å². The van der Waals surface area contributed by atoms with Gasteiger partial charge in [-0.3, -0.25) is 0 Å². The van der Waals surface area contributed by atoms with E-state index in [0.717, 1.165) is 0 Å². The van der Waals surface area contributed by atoms with E-state index in [1.165, 1.54) is 30.3 Å². The number of carbonyl (C=O) groups is 1. The molecule has 0 radical (unpaired) electrons. The van der Waals surface area contributed by atoms with Crippen molar-refractivity contribution in [3.8, 4) is 5.75 Å². The molecule has 124 valence electrons. The minimum absolute atomic E-state index is 0.0382. The van der Waals surface area contributed by atoms with E-state index < -0.39 is 21.8 Å². The van der Waals surface area contributed by atoms with Crippen molar-refractivity contribution in [1.29, 1.82) is 0 Å². The van der Waals surface area contributed by atoms with Crippen LogP contribution < -0.4 is 4.74 Å². The van der Waals surface area contributed by atoms with E-state index in [9.17, 15) is 13.2 Å². The summed E-state index contributed by atoms with van der Waals surface area (Å²) in [5.74, 6) is -1.27. The maximum atomic E-state index is 12.1. The highest BCUT2D eigenvalue weighted by atomic mass is 32.2. The van der Waals surface area contributed by atoms with Crippen molar-refractivity contribution < 1.29 is 22.7 Å². The Morgan fingerprint density at radius 3 is 2.42 bits per heavy atom. The SMILES string of the molecule is CC1(C)OC(=O)c2cc(N=NS(=O)(=O)c3ccccc3)ccc2O1. The van der Waals surface area contributed by atoms with Gasteiger partial charge in [-0.15, -0.1) is 5.11 Å². The fourth-order valence-corrected chi connectivity index (χ4v) is 2.93. The third-order valence-electron chi connectivity index (χ3n) is 3.18. The molecular formula is C16H14N2O5S. The minimum Gasteiger partial charge on any atom is -0.452 e. The van der Waals surface area contributed by atoms with E-state index in [4.69, 9.17) is 9.47 Å². The van der Waals surface area contributed by atoms with Gasteiger partial charge in [-0.05, 0) is 30.3 Å². The van der Waals surface area contributed by atoms with Crippen LogP contribution in [-0.4, -0.2) is 20.2 Å². The zero-order chi connectivity index (χ0) is 17.4. The summed E-state index contributed by atoms with van der Waals surface area (Å²) in [5, 5.41) is 3.71. The number of benzene rings is 2. The summed E-state index contributed by atoms with van der Waals surface area (Å²) in [5.41, 5.74) is 0.372. The lowest BCUT2D eigenvalue weighted by Gasteiger charge is -2.31. The number of fused-ring (bicyclic) bond motifs is 1. The molecule has 0 N–H and O–H groups in total. The Kier molecular flexibility index (Phi) is 3.84. The fourth-order valence-electron chi connectivity index (χ4n) is 2.13. The summed E-state index contributed by atoms with van der Waals surface area (Å²) in [7, 11) is -3.90. The molecule has 0 bridgehead atoms. The molecule has 0 aliphatic carbocycles. The maximum absolute atomic E-state index is 12.1. The fraction of sp³-hybridized carbons (Fsp3) is 0.188. The van der Waals surface area contributed by atoms with Gasteiger partial charge in [0, 0.05) is 13.8 Å². The Hall–Kier alpha value is -2.74. The van der Waals surface area contributed by atoms with Crippen LogP contribution in [0.4, 0.5) is 5.69 Å². The highest BCUT2D eigenvalue weighted by Gasteiger charge is 2.33. The third kappa shape index (κ3) is 3.28. The Labute approximate surface area is 139 Å². The van der Waals surface area contributed by atoms with Gasteiger partial charge in [-0.2, -0.15) is 8.42 Å². The number of sulfonamides is 1. The molecule has 0 atom stereocenters. The molecule has 1 aliphatic rings. The lowest BCUT2D eigenvalue weighted by atomic mass is 10.1. The van der Waals surface area contributed by atoms with Gasteiger partial charge in [-0.1, -0.05) is 22.7 Å². The zero-order valence-corrected chi connectivity index (χ0v) is 13.8. The second-order valence-electron chi connectivity index (χ2n) is 5.54. The van der Waals surface area contributed by atoms with E-state index in [2.05, 4.69) is 9.63 Å². The summed E-state index contributed by atoms with van der Waals surface area (Å²) in [6, 6.07) is 12.2. The summed E-state index contributed by atoms with van der Waals surface area (Å²) in [6.07, 6.45) is 0. The van der Waals surface area contributed by atoms with Crippen LogP contribution in [-0.2, 0) is 14.8 Å². The summed E-state index contributed by atoms with van der Waals surface area (Å²) in [4.78, 5) is 12.0. The number of ether oxygens (including phenoxy) is 2. The highest BCUT2D eigenvalue weighted by molar-refractivity contribution is 7.90. The van der Waals surface area contributed by atoms with E-state index in [1.807, 2.05) is 0 Å². The number of carbonyl (C=O) groups excluding carboxylic acids is 1. The van der Waals surface area contributed by atoms with Crippen LogP contribution in [0.2, 0.25) is 0 Å². The molecule has 24 heavy (non-hydrogen) atoms. The Morgan fingerprint density at radius 1 is 1.00 bits per heavy atom. The second kappa shape index (κ2) is 5.72. The minimum atomic E-state index is -3.90. The zero-order valence-electron chi connectivity index (χ0n) is 13.0. The molecule has 0 unspecified atom stereocenters. The van der Waals surface area contributed by atoms with E-state index >= 15 is 0 Å². The van der Waals surface area contributed by atoms with Gasteiger partial charge >= 0.3 is 5.97 Å². The average Bonchev–Trinajstić information content (AvgIpc) is 2.53. The van der Waals surface area contributed by atoms with Gasteiger partial charge in [0.15, 0.2) is 0 Å². The van der Waals surface area contributed by atoms with E-state index in [0.29, 0.717) is 5.75 Å². The third-order valence-corrected chi connectivity index (χ3v) is 4.35. The molecule has 2 aromatic rings. The highest BCUT2D eigenvalue weighted by Crippen LogP contribution is 2.33. The molecule has 0 aromatic heterocycles. The van der Waals surface area contributed by atoms with E-state index in [1.54, 1.807) is 32.0 Å². The van der Waals surface area contributed by atoms with Crippen molar-refractivity contribution in [2.45, 2.75) is 24.5 Å². The molecule has 0 saturated carbocycles. The first-order valence-electron chi connectivity index (χ1n) is 7.06. The molecule has 1 heterocycles. The summed E-state index contributed by atoms with van der Waals surface area (Å²) in [6.45, 7) is 3.24. The lowest BCUT2D eigenvalue weighted by Crippen LogP contribution is -2.38. The first-order chi connectivity index (χ1) is 11.3. The van der Waals surface area contributed by atoms with Crippen molar-refractivity contribution in [3.63, 3.8) is 0 Å². The van der Waals surface area contributed by atoms with Crippen molar-refractivity contribution in [2.24, 2.45) is 9.63 Å². The van der Waals surface area contributed by atoms with Crippen LogP contribution >= 0.6 is 0 Å². The average molecular weight is 346 g/mol. The normalized spacial score (nSPS) is 16.3. The predicted molar refractivity (Wildman–Crippen MR) is 84.7 cm³/mol. The molecule has 1 aliphatic heterocycles. The molecule has 0 fully saturated rings. The smallest absolute Gasteiger partial charge is 0.345 e. The van der Waals surface area contributed by atoms with Crippen LogP contribution in [0.5, 0.6) is 5.75 Å². The number of esters is 1. The monoisotopic (exact) mass is 346 g/mol. The van der Waals surface area contributed by atoms with Crippen LogP contribution in [0.3, 0.4) is 0 Å². The predicted octanol–water partition coefficient (Wildman–Crippen LogP) is 3.44. The number of nitrogens with zero attached hydrogens (tertiary/aromatic N) is 2. The molecule has 7 nitrogen and oxygen atoms in total. The summed E-state index contributed by atoms with van der Waals surface area (Å²) >= 11 is 0. The molecule has 0 saturated heterocycles. The number of hydrogen-bond acceptors (Lipinski definition) is 6. The molecule has 0 spiro atoms. The molecular weight excluding hydrogens is 332 g/mol. The van der Waals surface area contributed by atoms with Gasteiger partial charge in [-0.25, -0.2) is 4.79 Å². The second-order valence-corrected chi connectivity index (χ2v) is 7.13. The quantitative estimate of drug-likeness (QED) is 0.627. The van der Waals surface area contributed by atoms with Crippen molar-refractivity contribution in [3.05, 3.63) is 54.1 Å². The van der Waals surface area contributed by atoms with Gasteiger partial charge in [0.1, 0.15) is 11.3 Å². The number of hydrogen-bond donors (Lipinski definition) is 0.